The first-order valence-corrected chi connectivity index (χ1v) is 10.5. The minimum atomic E-state index is -3.80. The summed E-state index contributed by atoms with van der Waals surface area (Å²) in [5.74, 6) is 0.293. The number of ether oxygens (including phenoxy) is 1. The van der Waals surface area contributed by atoms with E-state index in [1.54, 1.807) is 29.2 Å². The minimum absolute atomic E-state index is 0.0894. The van der Waals surface area contributed by atoms with Crippen LogP contribution in [0, 0.1) is 0 Å². The fourth-order valence-electron chi connectivity index (χ4n) is 3.20. The fraction of sp³-hybridized carbons (Fsp3) is 0.350. The number of hydrogen-bond donors (Lipinski definition) is 1. The topological polar surface area (TPSA) is 87.2 Å². The molecule has 0 saturated carbocycles. The molecule has 1 amide bonds. The third-order valence-electron chi connectivity index (χ3n) is 4.94. The molecule has 0 aliphatic carbocycles. The van der Waals surface area contributed by atoms with E-state index in [1.165, 1.54) is 38.4 Å². The van der Waals surface area contributed by atoms with Crippen molar-refractivity contribution in [2.24, 2.45) is 0 Å². The number of sulfonamides is 1. The van der Waals surface area contributed by atoms with Crippen LogP contribution in [0.4, 0.5) is 5.69 Å². The van der Waals surface area contributed by atoms with E-state index in [0.717, 1.165) is 4.31 Å². The highest BCUT2D eigenvalue weighted by Gasteiger charge is 2.25. The van der Waals surface area contributed by atoms with E-state index < -0.39 is 10.0 Å². The third-order valence-corrected chi connectivity index (χ3v) is 6.72. The number of carbonyl (C=O) groups excluding carboxylic acids is 1. The second kappa shape index (κ2) is 8.20. The lowest BCUT2D eigenvalue weighted by molar-refractivity contribution is 0.0546. The van der Waals surface area contributed by atoms with E-state index >= 15 is 0 Å². The smallest absolute Gasteiger partial charge is 0.264 e. The predicted molar refractivity (Wildman–Crippen MR) is 106 cm³/mol. The first-order chi connectivity index (χ1) is 13.3. The molecular weight excluding hydrogens is 380 g/mol. The molecule has 1 aliphatic rings. The largest absolute Gasteiger partial charge is 0.495 e. The van der Waals surface area contributed by atoms with Crippen molar-refractivity contribution in [2.75, 3.05) is 31.6 Å². The van der Waals surface area contributed by atoms with Gasteiger partial charge in [-0.05, 0) is 49.2 Å². The Morgan fingerprint density at radius 2 is 1.71 bits per heavy atom. The molecular formula is C20H24N2O5S. The molecule has 0 bridgehead atoms. The lowest BCUT2D eigenvalue weighted by Gasteiger charge is -2.29. The molecule has 1 saturated heterocycles. The molecule has 1 fully saturated rings. The monoisotopic (exact) mass is 404 g/mol. The summed E-state index contributed by atoms with van der Waals surface area (Å²) in [6, 6.07) is 12.8. The molecule has 1 N–H and O–H groups in total. The zero-order chi connectivity index (χ0) is 20.3. The maximum absolute atomic E-state index is 13.0. The highest BCUT2D eigenvalue weighted by molar-refractivity contribution is 7.92. The number of aliphatic hydroxyl groups excluding tert-OH is 1. The molecule has 0 unspecified atom stereocenters. The van der Waals surface area contributed by atoms with Gasteiger partial charge in [0.2, 0.25) is 0 Å². The summed E-state index contributed by atoms with van der Waals surface area (Å²) in [5.41, 5.74) is 0.854. The summed E-state index contributed by atoms with van der Waals surface area (Å²) in [7, 11) is -0.855. The molecule has 2 aromatic rings. The Balaban J connectivity index is 1.81. The van der Waals surface area contributed by atoms with E-state index in [-0.39, 0.29) is 16.9 Å². The van der Waals surface area contributed by atoms with Crippen LogP contribution < -0.4 is 9.04 Å². The minimum Gasteiger partial charge on any atom is -0.495 e. The molecule has 3 rings (SSSR count). The van der Waals surface area contributed by atoms with Gasteiger partial charge >= 0.3 is 0 Å². The molecule has 28 heavy (non-hydrogen) atoms. The fourth-order valence-corrected chi connectivity index (χ4v) is 4.40. The molecule has 2 aromatic carbocycles. The van der Waals surface area contributed by atoms with Crippen LogP contribution in [0.5, 0.6) is 5.75 Å². The average molecular weight is 404 g/mol. The highest BCUT2D eigenvalue weighted by atomic mass is 32.2. The van der Waals surface area contributed by atoms with Gasteiger partial charge in [0.15, 0.2) is 0 Å². The molecule has 0 atom stereocenters. The molecule has 150 valence electrons. The number of aliphatic hydroxyl groups is 1. The molecule has 7 nitrogen and oxygen atoms in total. The maximum atomic E-state index is 13.0. The van der Waals surface area contributed by atoms with Crippen LogP contribution in [-0.2, 0) is 10.0 Å². The Bertz CT molecular complexity index is 935. The standard InChI is InChI=1S/C20H24N2O5S/c1-21(18-5-3-4-6-19(18)27-2)28(25,26)17-9-7-15(8-10-17)20(24)22-13-11-16(23)12-14-22/h3-10,16,23H,11-14H2,1-2H3. The van der Waals surface area contributed by atoms with Crippen molar-refractivity contribution in [3.05, 3.63) is 54.1 Å². The quantitative estimate of drug-likeness (QED) is 0.825. The normalized spacial score (nSPS) is 15.3. The van der Waals surface area contributed by atoms with Crippen molar-refractivity contribution in [1.29, 1.82) is 0 Å². The summed E-state index contributed by atoms with van der Waals surface area (Å²) >= 11 is 0. The molecule has 0 aromatic heterocycles. The van der Waals surface area contributed by atoms with E-state index in [9.17, 15) is 18.3 Å². The number of nitrogens with zero attached hydrogens (tertiary/aromatic N) is 2. The molecule has 8 heteroatoms. The van der Waals surface area contributed by atoms with E-state index in [2.05, 4.69) is 0 Å². The van der Waals surface area contributed by atoms with Gasteiger partial charge < -0.3 is 14.7 Å². The number of piperidine rings is 1. The molecule has 1 aliphatic heterocycles. The van der Waals surface area contributed by atoms with Crippen molar-refractivity contribution in [3.8, 4) is 5.75 Å². The van der Waals surface area contributed by atoms with Crippen molar-refractivity contribution in [1.82, 2.24) is 4.90 Å². The third kappa shape index (κ3) is 3.98. The summed E-state index contributed by atoms with van der Waals surface area (Å²) < 4.78 is 32.3. The predicted octanol–water partition coefficient (Wildman–Crippen LogP) is 2.12. The number of anilines is 1. The Labute approximate surface area is 165 Å². The van der Waals surface area contributed by atoms with Crippen molar-refractivity contribution in [3.63, 3.8) is 0 Å². The zero-order valence-electron chi connectivity index (χ0n) is 15.9. The van der Waals surface area contributed by atoms with Crippen molar-refractivity contribution in [2.45, 2.75) is 23.8 Å². The second-order valence-electron chi connectivity index (χ2n) is 6.69. The number of hydrogen-bond acceptors (Lipinski definition) is 5. The van der Waals surface area contributed by atoms with Crippen LogP contribution in [0.25, 0.3) is 0 Å². The summed E-state index contributed by atoms with van der Waals surface area (Å²) in [5, 5.41) is 9.57. The first kappa shape index (κ1) is 20.2. The summed E-state index contributed by atoms with van der Waals surface area (Å²) in [6.45, 7) is 0.993. The molecule has 0 spiro atoms. The van der Waals surface area contributed by atoms with E-state index in [0.29, 0.717) is 42.9 Å². The number of para-hydroxylation sites is 2. The number of likely N-dealkylation sites (tertiary alicyclic amines) is 1. The highest BCUT2D eigenvalue weighted by Crippen LogP contribution is 2.31. The van der Waals surface area contributed by atoms with Crippen molar-refractivity contribution >= 4 is 21.6 Å². The zero-order valence-corrected chi connectivity index (χ0v) is 16.7. The summed E-state index contributed by atoms with van der Waals surface area (Å²) in [6.07, 6.45) is 0.756. The van der Waals surface area contributed by atoms with Gasteiger partial charge in [-0.2, -0.15) is 0 Å². The number of amides is 1. The van der Waals surface area contributed by atoms with E-state index in [1.807, 2.05) is 0 Å². The van der Waals surface area contributed by atoms with Crippen LogP contribution >= 0.6 is 0 Å². The Hall–Kier alpha value is -2.58. The van der Waals surface area contributed by atoms with Gasteiger partial charge in [-0.3, -0.25) is 9.10 Å². The van der Waals surface area contributed by atoms with Crippen molar-refractivity contribution < 1.29 is 23.1 Å². The van der Waals surface area contributed by atoms with Crippen LogP contribution in [-0.4, -0.2) is 57.7 Å². The van der Waals surface area contributed by atoms with Gasteiger partial charge in [0.05, 0.1) is 23.8 Å². The average Bonchev–Trinajstić information content (AvgIpc) is 2.73. The summed E-state index contributed by atoms with van der Waals surface area (Å²) in [4.78, 5) is 14.3. The number of methoxy groups -OCH3 is 1. The van der Waals surface area contributed by atoms with Crippen LogP contribution in [0.1, 0.15) is 23.2 Å². The lowest BCUT2D eigenvalue weighted by atomic mass is 10.1. The van der Waals surface area contributed by atoms with Gasteiger partial charge in [0.1, 0.15) is 5.75 Å². The SMILES string of the molecule is COc1ccccc1N(C)S(=O)(=O)c1ccc(C(=O)N2CCC(O)CC2)cc1. The molecule has 0 radical (unpaired) electrons. The van der Waals surface area contributed by atoms with Crippen LogP contribution in [0.2, 0.25) is 0 Å². The van der Waals surface area contributed by atoms with Gasteiger partial charge in [-0.25, -0.2) is 8.42 Å². The van der Waals surface area contributed by atoms with Crippen LogP contribution in [0.3, 0.4) is 0 Å². The van der Waals surface area contributed by atoms with Gasteiger partial charge in [0, 0.05) is 25.7 Å². The number of rotatable bonds is 5. The second-order valence-corrected chi connectivity index (χ2v) is 8.66. The Kier molecular flexibility index (Phi) is 5.90. The lowest BCUT2D eigenvalue weighted by Crippen LogP contribution is -2.40. The van der Waals surface area contributed by atoms with E-state index in [4.69, 9.17) is 4.74 Å². The number of carbonyl (C=O) groups is 1. The number of benzene rings is 2. The Morgan fingerprint density at radius 1 is 1.11 bits per heavy atom. The van der Waals surface area contributed by atoms with Gasteiger partial charge in [-0.15, -0.1) is 0 Å². The molecule has 1 heterocycles. The first-order valence-electron chi connectivity index (χ1n) is 9.04. The maximum Gasteiger partial charge on any atom is 0.264 e. The Morgan fingerprint density at radius 3 is 2.32 bits per heavy atom. The van der Waals surface area contributed by atoms with Gasteiger partial charge in [0.25, 0.3) is 15.9 Å². The van der Waals surface area contributed by atoms with Crippen LogP contribution in [0.15, 0.2) is 53.4 Å². The van der Waals surface area contributed by atoms with Gasteiger partial charge in [-0.1, -0.05) is 12.1 Å².